The van der Waals surface area contributed by atoms with Crippen LogP contribution in [0.1, 0.15) is 49.4 Å². The number of hydrogen-bond acceptors (Lipinski definition) is 5. The van der Waals surface area contributed by atoms with Crippen molar-refractivity contribution in [1.82, 2.24) is 9.88 Å². The SMILES string of the molecule is COc1ccc2ncc(Cl)c([C@@H](F)CCC3(C(=O)O)CCN(CCCSc4ccc(C(F)(F)F)cc4)CC3)c2c1. The first-order valence-electron chi connectivity index (χ1n) is 13.0. The van der Waals surface area contributed by atoms with Crippen molar-refractivity contribution in [3.8, 4) is 5.75 Å². The van der Waals surface area contributed by atoms with E-state index < -0.39 is 29.3 Å². The van der Waals surface area contributed by atoms with Gasteiger partial charge in [0.25, 0.3) is 0 Å². The Hall–Kier alpha value is -2.56. The van der Waals surface area contributed by atoms with Gasteiger partial charge in [0.05, 0.1) is 28.6 Å². The summed E-state index contributed by atoms with van der Waals surface area (Å²) in [7, 11) is 1.52. The number of aromatic nitrogens is 1. The van der Waals surface area contributed by atoms with E-state index in [2.05, 4.69) is 9.88 Å². The second-order valence-electron chi connectivity index (χ2n) is 10.1. The van der Waals surface area contributed by atoms with Gasteiger partial charge in [0.2, 0.25) is 0 Å². The third kappa shape index (κ3) is 7.19. The third-order valence-electron chi connectivity index (χ3n) is 7.59. The number of carbonyl (C=O) groups is 1. The van der Waals surface area contributed by atoms with Gasteiger partial charge >= 0.3 is 12.1 Å². The van der Waals surface area contributed by atoms with Crippen molar-refractivity contribution in [2.75, 3.05) is 32.5 Å². The number of ether oxygens (including phenoxy) is 1. The molecule has 0 bridgehead atoms. The molecule has 5 nitrogen and oxygen atoms in total. The van der Waals surface area contributed by atoms with E-state index >= 15 is 4.39 Å². The zero-order valence-corrected chi connectivity index (χ0v) is 23.6. The number of nitrogens with zero attached hydrogens (tertiary/aromatic N) is 2. The lowest BCUT2D eigenvalue weighted by Crippen LogP contribution is -2.44. The summed E-state index contributed by atoms with van der Waals surface area (Å²) in [6, 6.07) is 10.3. The first-order valence-corrected chi connectivity index (χ1v) is 14.4. The number of pyridine rings is 1. The number of hydrogen-bond donors (Lipinski definition) is 1. The van der Waals surface area contributed by atoms with E-state index in [1.165, 1.54) is 37.2 Å². The highest BCUT2D eigenvalue weighted by Gasteiger charge is 2.41. The monoisotopic (exact) mass is 598 g/mol. The molecule has 4 rings (SSSR count). The average molecular weight is 599 g/mol. The Morgan fingerprint density at radius 1 is 1.20 bits per heavy atom. The fourth-order valence-corrected chi connectivity index (χ4v) is 6.26. The van der Waals surface area contributed by atoms with Crippen LogP contribution in [0.3, 0.4) is 0 Å². The lowest BCUT2D eigenvalue weighted by molar-refractivity contribution is -0.153. The molecule has 2 heterocycles. The summed E-state index contributed by atoms with van der Waals surface area (Å²) in [4.78, 5) is 19.6. The largest absolute Gasteiger partial charge is 0.497 e. The first kappa shape index (κ1) is 30.4. The molecular weight excluding hydrogens is 568 g/mol. The van der Waals surface area contributed by atoms with Gasteiger partial charge in [-0.25, -0.2) is 4.39 Å². The van der Waals surface area contributed by atoms with Crippen LogP contribution in [0.25, 0.3) is 10.9 Å². The molecule has 216 valence electrons. The van der Waals surface area contributed by atoms with E-state index in [9.17, 15) is 23.1 Å². The lowest BCUT2D eigenvalue weighted by Gasteiger charge is -2.39. The zero-order chi connectivity index (χ0) is 28.9. The summed E-state index contributed by atoms with van der Waals surface area (Å²) in [6.45, 7) is 1.93. The summed E-state index contributed by atoms with van der Waals surface area (Å²) in [5, 5.41) is 10.8. The number of thioether (sulfide) groups is 1. The molecular formula is C29H31ClF4N2O3S. The molecule has 0 unspecified atom stereocenters. The molecule has 40 heavy (non-hydrogen) atoms. The van der Waals surface area contributed by atoms with Crippen LogP contribution in [0.15, 0.2) is 53.6 Å². The Balaban J connectivity index is 1.29. The maximum absolute atomic E-state index is 15.6. The molecule has 3 aromatic rings. The van der Waals surface area contributed by atoms with Crippen molar-refractivity contribution in [1.29, 1.82) is 0 Å². The van der Waals surface area contributed by atoms with Crippen LogP contribution in [0.5, 0.6) is 5.75 Å². The van der Waals surface area contributed by atoms with Crippen molar-refractivity contribution in [3.63, 3.8) is 0 Å². The molecule has 1 N–H and O–H groups in total. The van der Waals surface area contributed by atoms with Gasteiger partial charge in [-0.05, 0) is 100.0 Å². The molecule has 1 aromatic heterocycles. The van der Waals surface area contributed by atoms with Crippen LogP contribution in [-0.2, 0) is 11.0 Å². The number of piperidine rings is 1. The highest BCUT2D eigenvalue weighted by molar-refractivity contribution is 7.99. The van der Waals surface area contributed by atoms with Crippen LogP contribution in [0, 0.1) is 5.41 Å². The fraction of sp³-hybridized carbons (Fsp3) is 0.448. The highest BCUT2D eigenvalue weighted by atomic mass is 35.5. The number of aliphatic carboxylic acids is 1. The van der Waals surface area contributed by atoms with Crippen molar-refractivity contribution in [2.45, 2.75) is 49.3 Å². The molecule has 2 aromatic carbocycles. The van der Waals surface area contributed by atoms with Crippen molar-refractivity contribution in [2.24, 2.45) is 5.41 Å². The molecule has 1 fully saturated rings. The Morgan fingerprint density at radius 2 is 1.90 bits per heavy atom. The van der Waals surface area contributed by atoms with Gasteiger partial charge in [0.15, 0.2) is 0 Å². The number of methoxy groups -OCH3 is 1. The van der Waals surface area contributed by atoms with Crippen LogP contribution in [0.2, 0.25) is 5.02 Å². The van der Waals surface area contributed by atoms with Gasteiger partial charge in [0, 0.05) is 22.0 Å². The van der Waals surface area contributed by atoms with Crippen LogP contribution in [0.4, 0.5) is 17.6 Å². The van der Waals surface area contributed by atoms with Crippen molar-refractivity contribution < 1.29 is 32.2 Å². The summed E-state index contributed by atoms with van der Waals surface area (Å²) in [5.74, 6) is 0.377. The quantitative estimate of drug-likeness (QED) is 0.137. The molecule has 0 spiro atoms. The Bertz CT molecular complexity index is 1320. The van der Waals surface area contributed by atoms with E-state index in [-0.39, 0.29) is 17.9 Å². The van der Waals surface area contributed by atoms with Gasteiger partial charge in [-0.1, -0.05) is 11.6 Å². The maximum atomic E-state index is 15.6. The van der Waals surface area contributed by atoms with Gasteiger partial charge in [0.1, 0.15) is 11.9 Å². The summed E-state index contributed by atoms with van der Waals surface area (Å²) in [6.07, 6.45) is -2.53. The molecule has 0 aliphatic carbocycles. The third-order valence-corrected chi connectivity index (χ3v) is 8.99. The lowest BCUT2D eigenvalue weighted by atomic mass is 9.74. The predicted molar refractivity (Wildman–Crippen MR) is 149 cm³/mol. The van der Waals surface area contributed by atoms with E-state index in [0.717, 1.165) is 35.7 Å². The number of halogens is 5. The standard InChI is InChI=1S/C29H31ClF4N2O3S/c1-39-20-5-8-25-22(17-20)26(23(30)18-35-25)24(31)9-10-28(27(37)38)11-14-36(15-12-28)13-2-16-40-21-6-3-19(4-7-21)29(32,33)34/h3-8,17-18,24H,2,9-16H2,1H3,(H,37,38)/t24-/m0/s1. The van der Waals surface area contributed by atoms with E-state index in [1.54, 1.807) is 18.2 Å². The van der Waals surface area contributed by atoms with Gasteiger partial charge < -0.3 is 14.7 Å². The fourth-order valence-electron chi connectivity index (χ4n) is 5.15. The minimum absolute atomic E-state index is 0.0200. The molecule has 1 aliphatic rings. The average Bonchev–Trinajstić information content (AvgIpc) is 2.94. The number of rotatable bonds is 11. The summed E-state index contributed by atoms with van der Waals surface area (Å²) < 4.78 is 59.1. The number of carboxylic acid groups (broad SMARTS) is 1. The second-order valence-corrected chi connectivity index (χ2v) is 11.6. The zero-order valence-electron chi connectivity index (χ0n) is 22.0. The van der Waals surface area contributed by atoms with Gasteiger partial charge in [-0.15, -0.1) is 11.8 Å². The maximum Gasteiger partial charge on any atom is 0.416 e. The van der Waals surface area contributed by atoms with E-state index in [0.29, 0.717) is 48.1 Å². The topological polar surface area (TPSA) is 62.7 Å². The molecule has 1 aliphatic heterocycles. The second kappa shape index (κ2) is 13.0. The number of carboxylic acids is 1. The highest BCUT2D eigenvalue weighted by Crippen LogP contribution is 2.42. The number of likely N-dealkylation sites (tertiary alicyclic amines) is 1. The van der Waals surface area contributed by atoms with E-state index in [4.69, 9.17) is 16.3 Å². The minimum Gasteiger partial charge on any atom is -0.497 e. The molecule has 1 saturated heterocycles. The Labute approximate surface area is 239 Å². The van der Waals surface area contributed by atoms with Gasteiger partial charge in [-0.2, -0.15) is 13.2 Å². The van der Waals surface area contributed by atoms with E-state index in [1.807, 2.05) is 0 Å². The van der Waals surface area contributed by atoms with Gasteiger partial charge in [-0.3, -0.25) is 9.78 Å². The predicted octanol–water partition coefficient (Wildman–Crippen LogP) is 8.06. The normalized spacial score (nSPS) is 16.6. The number of benzene rings is 2. The van der Waals surface area contributed by atoms with Crippen molar-refractivity contribution in [3.05, 3.63) is 64.8 Å². The first-order chi connectivity index (χ1) is 19.0. The number of fused-ring (bicyclic) bond motifs is 1. The Kier molecular flexibility index (Phi) is 9.85. The molecule has 11 heteroatoms. The molecule has 1 atom stereocenters. The van der Waals surface area contributed by atoms with Crippen molar-refractivity contribution >= 4 is 40.2 Å². The smallest absolute Gasteiger partial charge is 0.416 e. The minimum atomic E-state index is -4.34. The molecule has 0 saturated carbocycles. The molecule has 0 amide bonds. The summed E-state index contributed by atoms with van der Waals surface area (Å²) >= 11 is 7.84. The summed E-state index contributed by atoms with van der Waals surface area (Å²) in [5.41, 5.74) is -0.790. The van der Waals surface area contributed by atoms with Crippen LogP contribution >= 0.6 is 23.4 Å². The van der Waals surface area contributed by atoms with Crippen LogP contribution in [-0.4, -0.2) is 53.5 Å². The molecule has 0 radical (unpaired) electrons. The van der Waals surface area contributed by atoms with Crippen LogP contribution < -0.4 is 4.74 Å². The Morgan fingerprint density at radius 3 is 2.52 bits per heavy atom. The number of alkyl halides is 4.